The molecule has 0 aliphatic heterocycles. The number of esters is 1. The highest BCUT2D eigenvalue weighted by molar-refractivity contribution is 7.89. The number of halogens is 1. The van der Waals surface area contributed by atoms with Gasteiger partial charge >= 0.3 is 5.97 Å². The highest BCUT2D eigenvalue weighted by atomic mass is 35.5. The third-order valence-corrected chi connectivity index (χ3v) is 5.90. The first-order valence-electron chi connectivity index (χ1n) is 9.23. The van der Waals surface area contributed by atoms with Gasteiger partial charge in [-0.2, -0.15) is 4.98 Å². The lowest BCUT2D eigenvalue weighted by molar-refractivity contribution is 0.0429. The zero-order valence-electron chi connectivity index (χ0n) is 16.8. The standard InChI is InChI=1S/C20H20ClN3O6S/c1-3-18-23-19(30-24-18)12-29-20(25)14-6-9-16(28-2)17(10-14)31(26,27)22-11-13-4-7-15(21)8-5-13/h4-10,22H,3,11-12H2,1-2H3. The van der Waals surface area contributed by atoms with Gasteiger partial charge in [-0.25, -0.2) is 17.9 Å². The number of carbonyl (C=O) groups is 1. The van der Waals surface area contributed by atoms with Crippen LogP contribution >= 0.6 is 11.6 Å². The van der Waals surface area contributed by atoms with Gasteiger partial charge in [0.25, 0.3) is 5.89 Å². The molecule has 0 aliphatic carbocycles. The van der Waals surface area contributed by atoms with E-state index in [9.17, 15) is 13.2 Å². The fourth-order valence-electron chi connectivity index (χ4n) is 2.58. The minimum Gasteiger partial charge on any atom is -0.495 e. The van der Waals surface area contributed by atoms with Crippen LogP contribution in [0.15, 0.2) is 51.9 Å². The van der Waals surface area contributed by atoms with Crippen molar-refractivity contribution in [3.63, 3.8) is 0 Å². The minimum atomic E-state index is -3.99. The molecule has 0 amide bonds. The van der Waals surface area contributed by atoms with Crippen LogP contribution < -0.4 is 9.46 Å². The summed E-state index contributed by atoms with van der Waals surface area (Å²) in [5.41, 5.74) is 0.747. The number of nitrogens with one attached hydrogen (secondary N) is 1. The van der Waals surface area contributed by atoms with E-state index in [0.29, 0.717) is 22.8 Å². The maximum Gasteiger partial charge on any atom is 0.338 e. The van der Waals surface area contributed by atoms with Gasteiger partial charge in [0, 0.05) is 18.0 Å². The maximum atomic E-state index is 12.8. The smallest absolute Gasteiger partial charge is 0.338 e. The lowest BCUT2D eigenvalue weighted by Gasteiger charge is -2.12. The van der Waals surface area contributed by atoms with E-state index in [1.807, 2.05) is 6.92 Å². The van der Waals surface area contributed by atoms with Gasteiger partial charge in [0.05, 0.1) is 12.7 Å². The van der Waals surface area contributed by atoms with Crippen molar-refractivity contribution in [2.75, 3.05) is 7.11 Å². The molecule has 1 aromatic heterocycles. The minimum absolute atomic E-state index is 0.0305. The summed E-state index contributed by atoms with van der Waals surface area (Å²) >= 11 is 5.85. The van der Waals surface area contributed by atoms with E-state index in [4.69, 9.17) is 25.6 Å². The number of benzene rings is 2. The second-order valence-electron chi connectivity index (χ2n) is 6.35. The van der Waals surface area contributed by atoms with Gasteiger partial charge in [0.2, 0.25) is 10.0 Å². The molecular weight excluding hydrogens is 446 g/mol. The second-order valence-corrected chi connectivity index (χ2v) is 8.52. The van der Waals surface area contributed by atoms with Gasteiger partial charge in [-0.05, 0) is 35.9 Å². The molecule has 0 saturated heterocycles. The Kier molecular flexibility index (Phi) is 7.26. The summed E-state index contributed by atoms with van der Waals surface area (Å²) in [6.07, 6.45) is 0.583. The van der Waals surface area contributed by atoms with Crippen LogP contribution in [0, 0.1) is 0 Å². The average Bonchev–Trinajstić information content (AvgIpc) is 3.25. The molecule has 0 spiro atoms. The number of aryl methyl sites for hydroxylation is 1. The summed E-state index contributed by atoms with van der Waals surface area (Å²) in [4.78, 5) is 16.3. The quantitative estimate of drug-likeness (QED) is 0.478. The van der Waals surface area contributed by atoms with Crippen LogP contribution in [-0.2, 0) is 34.3 Å². The number of ether oxygens (including phenoxy) is 2. The highest BCUT2D eigenvalue weighted by Crippen LogP contribution is 2.25. The molecule has 0 radical (unpaired) electrons. The fourth-order valence-corrected chi connectivity index (χ4v) is 3.91. The topological polar surface area (TPSA) is 121 Å². The number of hydrogen-bond donors (Lipinski definition) is 1. The van der Waals surface area contributed by atoms with Gasteiger partial charge in [0.15, 0.2) is 12.4 Å². The van der Waals surface area contributed by atoms with Crippen molar-refractivity contribution in [3.8, 4) is 5.75 Å². The zero-order valence-corrected chi connectivity index (χ0v) is 18.4. The predicted octanol–water partition coefficient (Wildman–Crippen LogP) is 3.13. The second kappa shape index (κ2) is 9.90. The van der Waals surface area contributed by atoms with E-state index < -0.39 is 16.0 Å². The molecule has 9 nitrogen and oxygen atoms in total. The zero-order chi connectivity index (χ0) is 22.4. The van der Waals surface area contributed by atoms with Crippen LogP contribution in [-0.4, -0.2) is 31.6 Å². The van der Waals surface area contributed by atoms with Gasteiger partial charge in [-0.1, -0.05) is 35.8 Å². The van der Waals surface area contributed by atoms with Crippen molar-refractivity contribution in [1.82, 2.24) is 14.9 Å². The Labute approximate surface area is 184 Å². The molecule has 1 heterocycles. The molecule has 0 aliphatic rings. The van der Waals surface area contributed by atoms with E-state index in [2.05, 4.69) is 14.9 Å². The van der Waals surface area contributed by atoms with Crippen LogP contribution in [0.5, 0.6) is 5.75 Å². The van der Waals surface area contributed by atoms with Crippen molar-refractivity contribution < 1.29 is 27.2 Å². The molecule has 1 N–H and O–H groups in total. The van der Waals surface area contributed by atoms with Crippen molar-refractivity contribution in [3.05, 3.63) is 70.3 Å². The molecule has 164 valence electrons. The first-order valence-corrected chi connectivity index (χ1v) is 11.1. The normalized spacial score (nSPS) is 11.3. The molecule has 2 aromatic carbocycles. The van der Waals surface area contributed by atoms with Crippen LogP contribution in [0.4, 0.5) is 0 Å². The fraction of sp³-hybridized carbons (Fsp3) is 0.250. The highest BCUT2D eigenvalue weighted by Gasteiger charge is 2.22. The summed E-state index contributed by atoms with van der Waals surface area (Å²) in [6.45, 7) is 1.67. The monoisotopic (exact) mass is 465 g/mol. The molecule has 0 fully saturated rings. The van der Waals surface area contributed by atoms with E-state index >= 15 is 0 Å². The van der Waals surface area contributed by atoms with Gasteiger partial charge < -0.3 is 14.0 Å². The summed E-state index contributed by atoms with van der Waals surface area (Å²) in [7, 11) is -2.65. The Bertz CT molecular complexity index is 1160. The average molecular weight is 466 g/mol. The SMILES string of the molecule is CCc1noc(COC(=O)c2ccc(OC)c(S(=O)(=O)NCc3ccc(Cl)cc3)c2)n1. The number of aromatic nitrogens is 2. The van der Waals surface area contributed by atoms with Crippen molar-refractivity contribution in [2.45, 2.75) is 31.4 Å². The number of rotatable bonds is 9. The number of nitrogens with zero attached hydrogens (tertiary/aromatic N) is 2. The van der Waals surface area contributed by atoms with Crippen LogP contribution in [0.3, 0.4) is 0 Å². The first-order chi connectivity index (χ1) is 14.8. The number of hydrogen-bond acceptors (Lipinski definition) is 8. The van der Waals surface area contributed by atoms with Crippen molar-refractivity contribution in [2.24, 2.45) is 0 Å². The molecule has 31 heavy (non-hydrogen) atoms. The Morgan fingerprint density at radius 1 is 1.19 bits per heavy atom. The molecule has 0 bridgehead atoms. The van der Waals surface area contributed by atoms with E-state index in [-0.39, 0.29) is 35.3 Å². The van der Waals surface area contributed by atoms with E-state index in [0.717, 1.165) is 0 Å². The lowest BCUT2D eigenvalue weighted by Crippen LogP contribution is -2.24. The molecule has 0 atom stereocenters. The molecular formula is C20H20ClN3O6S. The molecule has 11 heteroatoms. The summed E-state index contributed by atoms with van der Waals surface area (Å²) in [6, 6.07) is 10.7. The number of sulfonamides is 1. The first kappa shape index (κ1) is 22.7. The Morgan fingerprint density at radius 2 is 1.94 bits per heavy atom. The number of methoxy groups -OCH3 is 1. The summed E-state index contributed by atoms with van der Waals surface area (Å²) in [5, 5.41) is 4.26. The van der Waals surface area contributed by atoms with Crippen LogP contribution in [0.25, 0.3) is 0 Å². The van der Waals surface area contributed by atoms with Crippen LogP contribution in [0.2, 0.25) is 5.02 Å². The Balaban J connectivity index is 1.75. The third-order valence-electron chi connectivity index (χ3n) is 4.22. The third kappa shape index (κ3) is 5.81. The Morgan fingerprint density at radius 3 is 2.58 bits per heavy atom. The predicted molar refractivity (Wildman–Crippen MR) is 111 cm³/mol. The maximum absolute atomic E-state index is 12.8. The largest absolute Gasteiger partial charge is 0.495 e. The molecule has 0 unspecified atom stereocenters. The van der Waals surface area contributed by atoms with E-state index in [1.165, 1.54) is 25.3 Å². The molecule has 3 rings (SSSR count). The lowest BCUT2D eigenvalue weighted by atomic mass is 10.2. The van der Waals surface area contributed by atoms with Crippen molar-refractivity contribution in [1.29, 1.82) is 0 Å². The van der Waals surface area contributed by atoms with Gasteiger partial charge in [-0.3, -0.25) is 0 Å². The molecule has 3 aromatic rings. The number of carbonyl (C=O) groups excluding carboxylic acids is 1. The van der Waals surface area contributed by atoms with Crippen molar-refractivity contribution >= 4 is 27.6 Å². The summed E-state index contributed by atoms with van der Waals surface area (Å²) in [5.74, 6) is -0.00970. The molecule has 0 saturated carbocycles. The van der Waals surface area contributed by atoms with Gasteiger partial charge in [0.1, 0.15) is 10.6 Å². The van der Waals surface area contributed by atoms with Gasteiger partial charge in [-0.15, -0.1) is 0 Å². The Hall–Kier alpha value is -2.95. The van der Waals surface area contributed by atoms with Crippen LogP contribution in [0.1, 0.15) is 34.6 Å². The van der Waals surface area contributed by atoms with E-state index in [1.54, 1.807) is 24.3 Å². The summed E-state index contributed by atoms with van der Waals surface area (Å²) < 4.78 is 43.4.